The van der Waals surface area contributed by atoms with Crippen LogP contribution in [0.2, 0.25) is 0 Å². The third kappa shape index (κ3) is 6.17. The molecule has 0 unspecified atom stereocenters. The van der Waals surface area contributed by atoms with Gasteiger partial charge in [-0.2, -0.15) is 0 Å². The lowest BCUT2D eigenvalue weighted by Gasteiger charge is -2.08. The number of esters is 1. The number of hydrogen-bond acceptors (Lipinski definition) is 5. The second-order valence-corrected chi connectivity index (χ2v) is 7.37. The van der Waals surface area contributed by atoms with Gasteiger partial charge in [0, 0.05) is 18.5 Å². The van der Waals surface area contributed by atoms with E-state index in [0.717, 1.165) is 30.6 Å². The first kappa shape index (κ1) is 21.6. The largest absolute Gasteiger partial charge is 0.497 e. The van der Waals surface area contributed by atoms with Crippen molar-refractivity contribution >= 4 is 17.7 Å². The Balaban J connectivity index is 1.31. The Morgan fingerprint density at radius 1 is 0.967 bits per heavy atom. The molecule has 1 aliphatic carbocycles. The number of carbonyl (C=O) groups excluding carboxylic acids is 3. The van der Waals surface area contributed by atoms with E-state index in [4.69, 9.17) is 9.47 Å². The zero-order valence-corrected chi connectivity index (χ0v) is 17.2. The maximum atomic E-state index is 12.3. The number of rotatable bonds is 10. The van der Waals surface area contributed by atoms with E-state index in [1.807, 2.05) is 42.5 Å². The van der Waals surface area contributed by atoms with E-state index in [9.17, 15) is 14.4 Å². The fourth-order valence-electron chi connectivity index (χ4n) is 3.51. The van der Waals surface area contributed by atoms with Crippen molar-refractivity contribution in [2.75, 3.05) is 20.3 Å². The van der Waals surface area contributed by atoms with Gasteiger partial charge in [-0.3, -0.25) is 14.4 Å². The van der Waals surface area contributed by atoms with Gasteiger partial charge in [0.05, 0.1) is 13.5 Å². The van der Waals surface area contributed by atoms with Crippen molar-refractivity contribution < 1.29 is 23.9 Å². The van der Waals surface area contributed by atoms with Gasteiger partial charge in [0.15, 0.2) is 12.4 Å². The smallest absolute Gasteiger partial charge is 0.306 e. The summed E-state index contributed by atoms with van der Waals surface area (Å²) in [5, 5.41) is 2.72. The number of ketones is 1. The van der Waals surface area contributed by atoms with Gasteiger partial charge in [0.2, 0.25) is 0 Å². The summed E-state index contributed by atoms with van der Waals surface area (Å²) in [5.74, 6) is -0.202. The molecule has 2 aromatic rings. The number of nitrogens with one attached hydrogen (secondary N) is 1. The van der Waals surface area contributed by atoms with Crippen molar-refractivity contribution in [2.45, 2.75) is 38.5 Å². The van der Waals surface area contributed by atoms with E-state index >= 15 is 0 Å². The van der Waals surface area contributed by atoms with E-state index in [0.29, 0.717) is 18.5 Å². The molecular formula is C24H27NO5. The molecule has 2 aromatic carbocycles. The Morgan fingerprint density at radius 3 is 2.50 bits per heavy atom. The van der Waals surface area contributed by atoms with Crippen molar-refractivity contribution in [3.8, 4) is 5.75 Å². The number of hydrogen-bond donors (Lipinski definition) is 1. The van der Waals surface area contributed by atoms with Gasteiger partial charge >= 0.3 is 5.97 Å². The highest BCUT2D eigenvalue weighted by molar-refractivity contribution is 5.98. The number of Topliss-reactive ketones (excluding diaryl/α,β-unsaturated/α-hetero) is 1. The van der Waals surface area contributed by atoms with E-state index < -0.39 is 5.97 Å². The molecule has 30 heavy (non-hydrogen) atoms. The predicted octanol–water partition coefficient (Wildman–Crippen LogP) is 3.05. The SMILES string of the molecule is COc1ccc(CCNC(=O)COC(=O)CCC(=O)c2ccc3c(c2)CCC3)cc1. The van der Waals surface area contributed by atoms with Crippen LogP contribution in [0.3, 0.4) is 0 Å². The minimum absolute atomic E-state index is 0.0327. The Labute approximate surface area is 176 Å². The van der Waals surface area contributed by atoms with Crippen molar-refractivity contribution in [1.29, 1.82) is 0 Å². The zero-order valence-electron chi connectivity index (χ0n) is 17.2. The van der Waals surface area contributed by atoms with Crippen molar-refractivity contribution in [1.82, 2.24) is 5.32 Å². The van der Waals surface area contributed by atoms with Crippen molar-refractivity contribution in [3.63, 3.8) is 0 Å². The molecule has 0 saturated carbocycles. The van der Waals surface area contributed by atoms with Crippen molar-refractivity contribution in [3.05, 3.63) is 64.7 Å². The van der Waals surface area contributed by atoms with Gasteiger partial charge in [0.25, 0.3) is 5.91 Å². The number of methoxy groups -OCH3 is 1. The Hall–Kier alpha value is -3.15. The number of benzene rings is 2. The zero-order chi connectivity index (χ0) is 21.3. The fraction of sp³-hybridized carbons (Fsp3) is 0.375. The van der Waals surface area contributed by atoms with Crippen molar-refractivity contribution in [2.24, 2.45) is 0 Å². The predicted molar refractivity (Wildman–Crippen MR) is 113 cm³/mol. The fourth-order valence-corrected chi connectivity index (χ4v) is 3.51. The highest BCUT2D eigenvalue weighted by Crippen LogP contribution is 2.23. The molecule has 0 saturated heterocycles. The van der Waals surface area contributed by atoms with Crippen LogP contribution in [-0.2, 0) is 33.6 Å². The minimum atomic E-state index is -0.546. The third-order valence-electron chi connectivity index (χ3n) is 5.24. The number of amides is 1. The summed E-state index contributed by atoms with van der Waals surface area (Å²) in [5.41, 5.74) is 4.25. The molecule has 3 rings (SSSR count). The molecule has 0 bridgehead atoms. The quantitative estimate of drug-likeness (QED) is 0.482. The molecule has 0 aliphatic heterocycles. The second-order valence-electron chi connectivity index (χ2n) is 7.37. The van der Waals surface area contributed by atoms with E-state index in [1.54, 1.807) is 7.11 Å². The molecule has 0 spiro atoms. The molecule has 158 valence electrons. The van der Waals surface area contributed by atoms with Gasteiger partial charge in [0.1, 0.15) is 5.75 Å². The summed E-state index contributed by atoms with van der Waals surface area (Å²) in [6.07, 6.45) is 3.91. The molecule has 0 fully saturated rings. The lowest BCUT2D eigenvalue weighted by atomic mass is 10.0. The van der Waals surface area contributed by atoms with Crippen LogP contribution in [0, 0.1) is 0 Å². The summed E-state index contributed by atoms with van der Waals surface area (Å²) < 4.78 is 10.1. The van der Waals surface area contributed by atoms with Crippen LogP contribution in [0.4, 0.5) is 0 Å². The topological polar surface area (TPSA) is 81.7 Å². The number of aryl methyl sites for hydroxylation is 2. The highest BCUT2D eigenvalue weighted by atomic mass is 16.5. The molecule has 0 radical (unpaired) electrons. The normalized spacial score (nSPS) is 12.2. The third-order valence-corrected chi connectivity index (χ3v) is 5.24. The molecule has 1 aliphatic rings. The summed E-state index contributed by atoms with van der Waals surface area (Å²) >= 11 is 0. The summed E-state index contributed by atoms with van der Waals surface area (Å²) in [7, 11) is 1.61. The average molecular weight is 409 g/mol. The molecule has 0 heterocycles. The summed E-state index contributed by atoms with van der Waals surface area (Å²) in [6, 6.07) is 13.4. The highest BCUT2D eigenvalue weighted by Gasteiger charge is 2.15. The minimum Gasteiger partial charge on any atom is -0.497 e. The van der Waals surface area contributed by atoms with Crippen LogP contribution in [0.1, 0.15) is 46.3 Å². The Bertz CT molecular complexity index is 904. The van der Waals surface area contributed by atoms with Crippen LogP contribution in [0.25, 0.3) is 0 Å². The summed E-state index contributed by atoms with van der Waals surface area (Å²) in [4.78, 5) is 36.0. The standard InChI is InChI=1S/C24H27NO5/c1-29-21-9-5-17(6-10-21)13-14-25-23(27)16-30-24(28)12-11-22(26)20-8-7-18-3-2-4-19(18)15-20/h5-10,15H,2-4,11-14,16H2,1H3,(H,25,27). The molecule has 6 nitrogen and oxygen atoms in total. The van der Waals surface area contributed by atoms with Gasteiger partial charge in [-0.25, -0.2) is 0 Å². The Kier molecular flexibility index (Phi) is 7.60. The lowest BCUT2D eigenvalue weighted by molar-refractivity contribution is -0.148. The lowest BCUT2D eigenvalue weighted by Crippen LogP contribution is -2.30. The molecule has 1 N–H and O–H groups in total. The second kappa shape index (κ2) is 10.6. The first-order valence-electron chi connectivity index (χ1n) is 10.3. The van der Waals surface area contributed by atoms with Gasteiger partial charge in [-0.1, -0.05) is 24.3 Å². The van der Waals surface area contributed by atoms with Gasteiger partial charge < -0.3 is 14.8 Å². The molecular weight excluding hydrogens is 382 g/mol. The van der Waals surface area contributed by atoms with E-state index in [1.165, 1.54) is 11.1 Å². The van der Waals surface area contributed by atoms with E-state index in [2.05, 4.69) is 5.32 Å². The number of ether oxygens (including phenoxy) is 2. The van der Waals surface area contributed by atoms with Crippen LogP contribution < -0.4 is 10.1 Å². The average Bonchev–Trinajstić information content (AvgIpc) is 3.24. The first-order valence-corrected chi connectivity index (χ1v) is 10.3. The van der Waals surface area contributed by atoms with Gasteiger partial charge in [-0.05, 0) is 60.6 Å². The first-order chi connectivity index (χ1) is 14.5. The molecule has 1 amide bonds. The van der Waals surface area contributed by atoms with Crippen LogP contribution in [0.5, 0.6) is 5.75 Å². The Morgan fingerprint density at radius 2 is 1.73 bits per heavy atom. The van der Waals surface area contributed by atoms with Gasteiger partial charge in [-0.15, -0.1) is 0 Å². The van der Waals surface area contributed by atoms with Crippen LogP contribution in [-0.4, -0.2) is 37.9 Å². The monoisotopic (exact) mass is 409 g/mol. The maximum absolute atomic E-state index is 12.3. The number of fused-ring (bicyclic) bond motifs is 1. The molecule has 0 atom stereocenters. The number of carbonyl (C=O) groups is 3. The van der Waals surface area contributed by atoms with E-state index in [-0.39, 0.29) is 31.1 Å². The summed E-state index contributed by atoms with van der Waals surface area (Å²) in [6.45, 7) is 0.105. The maximum Gasteiger partial charge on any atom is 0.306 e. The van der Waals surface area contributed by atoms with Crippen LogP contribution >= 0.6 is 0 Å². The molecule has 6 heteroatoms. The van der Waals surface area contributed by atoms with Crippen LogP contribution in [0.15, 0.2) is 42.5 Å². The molecule has 0 aromatic heterocycles.